The number of hydrogen-bond donors (Lipinski definition) is 1. The first-order chi connectivity index (χ1) is 12.1. The van der Waals surface area contributed by atoms with Crippen molar-refractivity contribution in [3.8, 4) is 11.6 Å². The van der Waals surface area contributed by atoms with E-state index >= 15 is 0 Å². The number of halogens is 1. The molecule has 6 nitrogen and oxygen atoms in total. The number of nitrogens with zero attached hydrogens (tertiary/aromatic N) is 2. The Hall–Kier alpha value is -2.61. The van der Waals surface area contributed by atoms with Gasteiger partial charge in [-0.25, -0.2) is 9.37 Å². The molecule has 1 fully saturated rings. The van der Waals surface area contributed by atoms with Crippen molar-refractivity contribution in [3.05, 3.63) is 54.0 Å². The predicted molar refractivity (Wildman–Crippen MR) is 91.6 cm³/mol. The summed E-state index contributed by atoms with van der Waals surface area (Å²) in [7, 11) is 0. The molecule has 1 N–H and O–H groups in total. The molecule has 25 heavy (non-hydrogen) atoms. The SMILES string of the molecule is O=C(CN1CSCC1=O)NCc1ccc(Oc2cccc(F)c2)nc1. The van der Waals surface area contributed by atoms with Crippen LogP contribution in [0.2, 0.25) is 0 Å². The molecule has 0 bridgehead atoms. The molecular weight excluding hydrogens is 345 g/mol. The zero-order valence-corrected chi connectivity index (χ0v) is 14.1. The van der Waals surface area contributed by atoms with E-state index in [1.807, 2.05) is 0 Å². The van der Waals surface area contributed by atoms with Gasteiger partial charge in [-0.3, -0.25) is 9.59 Å². The van der Waals surface area contributed by atoms with E-state index in [-0.39, 0.29) is 24.2 Å². The molecule has 3 rings (SSSR count). The number of aromatic nitrogens is 1. The molecule has 1 aliphatic rings. The summed E-state index contributed by atoms with van der Waals surface area (Å²) in [5, 5.41) is 2.75. The number of benzene rings is 1. The van der Waals surface area contributed by atoms with E-state index < -0.39 is 0 Å². The lowest BCUT2D eigenvalue weighted by Crippen LogP contribution is -2.37. The number of hydrogen-bond acceptors (Lipinski definition) is 5. The molecule has 0 unspecified atom stereocenters. The topological polar surface area (TPSA) is 71.5 Å². The summed E-state index contributed by atoms with van der Waals surface area (Å²) in [4.78, 5) is 29.0. The largest absolute Gasteiger partial charge is 0.439 e. The third-order valence-corrected chi connectivity index (χ3v) is 4.41. The number of ether oxygens (including phenoxy) is 1. The van der Waals surface area contributed by atoms with E-state index in [0.717, 1.165) is 5.56 Å². The van der Waals surface area contributed by atoms with Crippen LogP contribution < -0.4 is 10.1 Å². The quantitative estimate of drug-likeness (QED) is 0.854. The maximum Gasteiger partial charge on any atom is 0.239 e. The van der Waals surface area contributed by atoms with Crippen molar-refractivity contribution in [2.24, 2.45) is 0 Å². The van der Waals surface area contributed by atoms with E-state index in [9.17, 15) is 14.0 Å². The fourth-order valence-electron chi connectivity index (χ4n) is 2.20. The molecule has 1 aromatic carbocycles. The standard InChI is InChI=1S/C17H16FN3O3S/c18-13-2-1-3-14(6-13)24-16-5-4-12(8-20-16)7-19-15(22)9-21-11-25-10-17(21)23/h1-6,8H,7,9-11H2,(H,19,22). The van der Waals surface area contributed by atoms with Crippen LogP contribution in [0.3, 0.4) is 0 Å². The minimum absolute atomic E-state index is 0.0133. The van der Waals surface area contributed by atoms with Gasteiger partial charge in [0.25, 0.3) is 0 Å². The van der Waals surface area contributed by atoms with E-state index in [0.29, 0.717) is 29.8 Å². The van der Waals surface area contributed by atoms with Crippen LogP contribution in [0.25, 0.3) is 0 Å². The first-order valence-corrected chi connectivity index (χ1v) is 8.76. The highest BCUT2D eigenvalue weighted by molar-refractivity contribution is 8.00. The van der Waals surface area contributed by atoms with Crippen molar-refractivity contribution in [2.45, 2.75) is 6.54 Å². The van der Waals surface area contributed by atoms with Crippen LogP contribution in [0.5, 0.6) is 11.6 Å². The van der Waals surface area contributed by atoms with Crippen molar-refractivity contribution in [1.29, 1.82) is 0 Å². The number of amides is 2. The van der Waals surface area contributed by atoms with Gasteiger partial charge in [0.1, 0.15) is 18.1 Å². The van der Waals surface area contributed by atoms with Crippen molar-refractivity contribution < 1.29 is 18.7 Å². The van der Waals surface area contributed by atoms with E-state index in [4.69, 9.17) is 4.74 Å². The zero-order valence-electron chi connectivity index (χ0n) is 13.3. The first-order valence-electron chi connectivity index (χ1n) is 7.61. The Morgan fingerprint density at radius 3 is 2.92 bits per heavy atom. The van der Waals surface area contributed by atoms with Gasteiger partial charge in [-0.2, -0.15) is 0 Å². The average molecular weight is 361 g/mol. The second-order valence-corrected chi connectivity index (χ2v) is 6.37. The summed E-state index contributed by atoms with van der Waals surface area (Å²) < 4.78 is 18.6. The summed E-state index contributed by atoms with van der Waals surface area (Å²) in [6.45, 7) is 0.376. The predicted octanol–water partition coefficient (Wildman–Crippen LogP) is 2.16. The molecular formula is C17H16FN3O3S. The van der Waals surface area contributed by atoms with Gasteiger partial charge in [-0.1, -0.05) is 12.1 Å². The Morgan fingerprint density at radius 2 is 2.24 bits per heavy atom. The lowest BCUT2D eigenvalue weighted by atomic mass is 10.3. The van der Waals surface area contributed by atoms with Gasteiger partial charge in [-0.05, 0) is 17.7 Å². The van der Waals surface area contributed by atoms with E-state index in [1.54, 1.807) is 30.5 Å². The number of nitrogens with one attached hydrogen (secondary N) is 1. The fourth-order valence-corrected chi connectivity index (χ4v) is 3.10. The van der Waals surface area contributed by atoms with Gasteiger partial charge >= 0.3 is 0 Å². The Labute approximate surface area is 148 Å². The maximum absolute atomic E-state index is 13.1. The second-order valence-electron chi connectivity index (χ2n) is 5.41. The summed E-state index contributed by atoms with van der Waals surface area (Å²) in [6, 6.07) is 9.20. The van der Waals surface area contributed by atoms with Crippen LogP contribution in [0.15, 0.2) is 42.6 Å². The Kier molecular flexibility index (Phi) is 5.49. The molecule has 0 saturated carbocycles. The molecule has 2 heterocycles. The van der Waals surface area contributed by atoms with E-state index in [2.05, 4.69) is 10.3 Å². The van der Waals surface area contributed by atoms with Gasteiger partial charge in [0, 0.05) is 24.9 Å². The normalized spacial score (nSPS) is 13.8. The highest BCUT2D eigenvalue weighted by Crippen LogP contribution is 2.20. The molecule has 0 atom stereocenters. The maximum atomic E-state index is 13.1. The Balaban J connectivity index is 1.49. The van der Waals surface area contributed by atoms with Gasteiger partial charge in [0.15, 0.2) is 0 Å². The highest BCUT2D eigenvalue weighted by atomic mass is 32.2. The van der Waals surface area contributed by atoms with Crippen LogP contribution in [-0.4, -0.2) is 39.9 Å². The number of carbonyl (C=O) groups is 2. The minimum Gasteiger partial charge on any atom is -0.439 e. The lowest BCUT2D eigenvalue weighted by molar-refractivity contribution is -0.132. The second kappa shape index (κ2) is 7.98. The fraction of sp³-hybridized carbons (Fsp3) is 0.235. The summed E-state index contributed by atoms with van der Waals surface area (Å²) in [6.07, 6.45) is 1.58. The monoisotopic (exact) mass is 361 g/mol. The third-order valence-electron chi connectivity index (χ3n) is 3.47. The van der Waals surface area contributed by atoms with Crippen molar-refractivity contribution in [2.75, 3.05) is 18.2 Å². The molecule has 1 aliphatic heterocycles. The zero-order chi connectivity index (χ0) is 17.6. The summed E-state index contributed by atoms with van der Waals surface area (Å²) in [5.41, 5.74) is 0.794. The molecule has 0 aliphatic carbocycles. The van der Waals surface area contributed by atoms with Crippen molar-refractivity contribution >= 4 is 23.6 Å². The van der Waals surface area contributed by atoms with E-state index in [1.165, 1.54) is 28.8 Å². The van der Waals surface area contributed by atoms with Gasteiger partial charge in [0.2, 0.25) is 17.7 Å². The molecule has 2 aromatic rings. The molecule has 1 aromatic heterocycles. The highest BCUT2D eigenvalue weighted by Gasteiger charge is 2.22. The summed E-state index contributed by atoms with van der Waals surface area (Å²) >= 11 is 1.50. The average Bonchev–Trinajstić information content (AvgIpc) is 2.99. The molecule has 0 radical (unpaired) electrons. The molecule has 1 saturated heterocycles. The molecule has 0 spiro atoms. The number of pyridine rings is 1. The number of carbonyl (C=O) groups excluding carboxylic acids is 2. The molecule has 8 heteroatoms. The summed E-state index contributed by atoms with van der Waals surface area (Å²) in [5.74, 6) is 1.08. The van der Waals surface area contributed by atoms with Crippen LogP contribution in [0.4, 0.5) is 4.39 Å². The van der Waals surface area contributed by atoms with Crippen molar-refractivity contribution in [1.82, 2.24) is 15.2 Å². The van der Waals surface area contributed by atoms with Crippen LogP contribution in [0, 0.1) is 5.82 Å². The smallest absolute Gasteiger partial charge is 0.239 e. The van der Waals surface area contributed by atoms with Gasteiger partial charge in [0.05, 0.1) is 11.6 Å². The first kappa shape index (κ1) is 17.2. The Bertz CT molecular complexity index is 770. The van der Waals surface area contributed by atoms with Crippen LogP contribution >= 0.6 is 11.8 Å². The third kappa shape index (κ3) is 4.93. The molecule has 130 valence electrons. The van der Waals surface area contributed by atoms with Crippen LogP contribution in [0.1, 0.15) is 5.56 Å². The van der Waals surface area contributed by atoms with Crippen molar-refractivity contribution in [3.63, 3.8) is 0 Å². The number of rotatable bonds is 6. The Morgan fingerprint density at radius 1 is 1.36 bits per heavy atom. The molecule has 2 amide bonds. The number of thioether (sulfide) groups is 1. The minimum atomic E-state index is -0.383. The lowest BCUT2D eigenvalue weighted by Gasteiger charge is -2.14. The van der Waals surface area contributed by atoms with Gasteiger partial charge in [-0.15, -0.1) is 11.8 Å². The van der Waals surface area contributed by atoms with Gasteiger partial charge < -0.3 is 15.0 Å². The van der Waals surface area contributed by atoms with Crippen LogP contribution in [-0.2, 0) is 16.1 Å².